The number of methoxy groups -OCH3 is 1. The molecule has 0 fully saturated rings. The summed E-state index contributed by atoms with van der Waals surface area (Å²) in [5, 5.41) is 0. The minimum Gasteiger partial charge on any atom is -0.497 e. The molecule has 0 radical (unpaired) electrons. The molecule has 0 aliphatic rings. The molecule has 0 saturated heterocycles. The van der Waals surface area contributed by atoms with Gasteiger partial charge in [0, 0.05) is 0 Å². The lowest BCUT2D eigenvalue weighted by molar-refractivity contribution is -0.103. The number of rotatable bonds is 5. The first-order valence-electron chi connectivity index (χ1n) is 5.65. The highest BCUT2D eigenvalue weighted by Gasteiger charge is 2.02. The van der Waals surface area contributed by atoms with Crippen LogP contribution in [0.5, 0.6) is 5.75 Å². The summed E-state index contributed by atoms with van der Waals surface area (Å²) >= 11 is 0. The zero-order valence-electron chi connectivity index (χ0n) is 10.1. The number of hydrogen-bond donors (Lipinski definition) is 0. The first-order valence-corrected chi connectivity index (χ1v) is 5.65. The van der Waals surface area contributed by atoms with Gasteiger partial charge in [0.05, 0.1) is 18.9 Å². The normalized spacial score (nSPS) is 11.3. The third kappa shape index (κ3) is 2.88. The van der Waals surface area contributed by atoms with Crippen molar-refractivity contribution in [1.29, 1.82) is 0 Å². The van der Waals surface area contributed by atoms with Crippen molar-refractivity contribution in [3.8, 4) is 5.75 Å². The van der Waals surface area contributed by atoms with Crippen LogP contribution in [0, 0.1) is 0 Å². The maximum Gasteiger partial charge on any atom is 0.153 e. The van der Waals surface area contributed by atoms with Crippen LogP contribution in [-0.4, -0.2) is 13.4 Å². The van der Waals surface area contributed by atoms with Gasteiger partial charge in [0.15, 0.2) is 6.29 Å². The average molecular weight is 242 g/mol. The van der Waals surface area contributed by atoms with Gasteiger partial charge in [0.25, 0.3) is 0 Å². The highest BCUT2D eigenvalue weighted by molar-refractivity contribution is 6.05. The minimum atomic E-state index is 0.566. The average Bonchev–Trinajstić information content (AvgIpc) is 2.94. The Labute approximate surface area is 106 Å². The van der Waals surface area contributed by atoms with Gasteiger partial charge in [-0.1, -0.05) is 18.2 Å². The monoisotopic (exact) mass is 242 g/mol. The molecule has 1 aromatic carbocycles. The molecule has 18 heavy (non-hydrogen) atoms. The fraction of sp³-hybridized carbons (Fsp3) is 0.133. The highest BCUT2D eigenvalue weighted by Crippen LogP contribution is 2.16. The molecule has 1 heterocycles. The maximum absolute atomic E-state index is 11.0. The Morgan fingerprint density at radius 3 is 2.61 bits per heavy atom. The number of furan rings is 1. The third-order valence-corrected chi connectivity index (χ3v) is 2.65. The molecule has 0 N–H and O–H groups in total. The first-order chi connectivity index (χ1) is 8.83. The van der Waals surface area contributed by atoms with Gasteiger partial charge in [-0.05, 0) is 36.2 Å². The van der Waals surface area contributed by atoms with E-state index in [1.165, 1.54) is 0 Å². The van der Waals surface area contributed by atoms with E-state index in [-0.39, 0.29) is 0 Å². The molecule has 0 saturated carbocycles. The topological polar surface area (TPSA) is 39.4 Å². The zero-order chi connectivity index (χ0) is 12.8. The largest absolute Gasteiger partial charge is 0.497 e. The van der Waals surface area contributed by atoms with Gasteiger partial charge in [-0.15, -0.1) is 0 Å². The second-order valence-electron chi connectivity index (χ2n) is 3.81. The Bertz CT molecular complexity index is 521. The van der Waals surface area contributed by atoms with E-state index < -0.39 is 0 Å². The summed E-state index contributed by atoms with van der Waals surface area (Å²) in [5.41, 5.74) is 1.68. The van der Waals surface area contributed by atoms with Gasteiger partial charge in [0.2, 0.25) is 0 Å². The molecule has 0 bridgehead atoms. The van der Waals surface area contributed by atoms with Crippen LogP contribution in [0.15, 0.2) is 53.2 Å². The van der Waals surface area contributed by atoms with Crippen molar-refractivity contribution < 1.29 is 13.9 Å². The summed E-state index contributed by atoms with van der Waals surface area (Å²) in [5.74, 6) is 1.42. The van der Waals surface area contributed by atoms with Crippen LogP contribution in [0.4, 0.5) is 0 Å². The molecule has 0 aliphatic carbocycles. The molecule has 0 aliphatic heterocycles. The standard InChI is InChI=1S/C15H14O3/c1-17-14-8-5-12(6-9-14)4-7-13(11-16)15-3-2-10-18-15/h2-3,5-11H,4H2,1H3. The quantitative estimate of drug-likeness (QED) is 0.597. The fourth-order valence-electron chi connectivity index (χ4n) is 1.64. The molecular weight excluding hydrogens is 228 g/mol. The van der Waals surface area contributed by atoms with Crippen molar-refractivity contribution in [2.75, 3.05) is 7.11 Å². The molecule has 0 atom stereocenters. The molecular formula is C15H14O3. The zero-order valence-corrected chi connectivity index (χ0v) is 10.1. The summed E-state index contributed by atoms with van der Waals surface area (Å²) in [4.78, 5) is 11.0. The van der Waals surface area contributed by atoms with E-state index in [4.69, 9.17) is 9.15 Å². The summed E-state index contributed by atoms with van der Waals surface area (Å²) in [6.45, 7) is 0. The Morgan fingerprint density at radius 2 is 2.06 bits per heavy atom. The van der Waals surface area contributed by atoms with Crippen molar-refractivity contribution in [3.63, 3.8) is 0 Å². The first kappa shape index (κ1) is 12.2. The van der Waals surface area contributed by atoms with Gasteiger partial charge in [0.1, 0.15) is 11.5 Å². The summed E-state index contributed by atoms with van der Waals surface area (Å²) < 4.78 is 10.3. The Hall–Kier alpha value is -2.29. The number of allylic oxidation sites excluding steroid dienone is 2. The van der Waals surface area contributed by atoms with Gasteiger partial charge < -0.3 is 9.15 Å². The second-order valence-corrected chi connectivity index (χ2v) is 3.81. The third-order valence-electron chi connectivity index (χ3n) is 2.65. The van der Waals surface area contributed by atoms with E-state index in [2.05, 4.69) is 0 Å². The SMILES string of the molecule is COc1ccc(CC=C(C=O)c2ccco2)cc1. The Morgan fingerprint density at radius 1 is 1.28 bits per heavy atom. The van der Waals surface area contributed by atoms with Gasteiger partial charge >= 0.3 is 0 Å². The number of hydrogen-bond acceptors (Lipinski definition) is 3. The van der Waals surface area contributed by atoms with Crippen LogP contribution in [0.25, 0.3) is 5.57 Å². The van der Waals surface area contributed by atoms with Crippen LogP contribution < -0.4 is 4.74 Å². The van der Waals surface area contributed by atoms with Crippen LogP contribution in [0.1, 0.15) is 11.3 Å². The lowest BCUT2D eigenvalue weighted by Gasteiger charge is -2.01. The molecule has 3 nitrogen and oxygen atoms in total. The van der Waals surface area contributed by atoms with Crippen molar-refractivity contribution in [1.82, 2.24) is 0 Å². The minimum absolute atomic E-state index is 0.566. The van der Waals surface area contributed by atoms with E-state index in [1.807, 2.05) is 30.3 Å². The number of carbonyl (C=O) groups is 1. The van der Waals surface area contributed by atoms with Crippen molar-refractivity contribution in [2.45, 2.75) is 6.42 Å². The van der Waals surface area contributed by atoms with Crippen molar-refractivity contribution >= 4 is 11.9 Å². The van der Waals surface area contributed by atoms with Crippen molar-refractivity contribution in [3.05, 3.63) is 60.1 Å². The van der Waals surface area contributed by atoms with Gasteiger partial charge in [-0.2, -0.15) is 0 Å². The van der Waals surface area contributed by atoms with E-state index in [1.54, 1.807) is 25.5 Å². The van der Waals surface area contributed by atoms with E-state index in [0.29, 0.717) is 17.8 Å². The Balaban J connectivity index is 2.10. The van der Waals surface area contributed by atoms with E-state index in [9.17, 15) is 4.79 Å². The molecule has 0 unspecified atom stereocenters. The smallest absolute Gasteiger partial charge is 0.153 e. The van der Waals surface area contributed by atoms with Crippen LogP contribution in [0.3, 0.4) is 0 Å². The lowest BCUT2D eigenvalue weighted by atomic mass is 10.1. The summed E-state index contributed by atoms with van der Waals surface area (Å²) in [7, 11) is 1.64. The van der Waals surface area contributed by atoms with Gasteiger partial charge in [-0.25, -0.2) is 0 Å². The van der Waals surface area contributed by atoms with Gasteiger partial charge in [-0.3, -0.25) is 4.79 Å². The van der Waals surface area contributed by atoms with Crippen LogP contribution >= 0.6 is 0 Å². The molecule has 92 valence electrons. The Kier molecular flexibility index (Phi) is 3.97. The molecule has 2 rings (SSSR count). The molecule has 1 aromatic heterocycles. The predicted molar refractivity (Wildman–Crippen MR) is 69.4 cm³/mol. The number of aldehydes is 1. The van der Waals surface area contributed by atoms with E-state index in [0.717, 1.165) is 17.6 Å². The number of carbonyl (C=O) groups excluding carboxylic acids is 1. The van der Waals surface area contributed by atoms with Crippen LogP contribution in [-0.2, 0) is 11.2 Å². The second kappa shape index (κ2) is 5.87. The lowest BCUT2D eigenvalue weighted by Crippen LogP contribution is -1.87. The summed E-state index contributed by atoms with van der Waals surface area (Å²) in [6, 6.07) is 11.3. The highest BCUT2D eigenvalue weighted by atomic mass is 16.5. The number of benzene rings is 1. The summed E-state index contributed by atoms with van der Waals surface area (Å²) in [6.07, 6.45) is 4.90. The fourth-order valence-corrected chi connectivity index (χ4v) is 1.64. The molecule has 3 heteroatoms. The molecule has 0 amide bonds. The predicted octanol–water partition coefficient (Wildman–Crippen LogP) is 3.11. The molecule has 0 spiro atoms. The molecule has 2 aromatic rings. The van der Waals surface area contributed by atoms with E-state index >= 15 is 0 Å². The van der Waals surface area contributed by atoms with Crippen LogP contribution in [0.2, 0.25) is 0 Å². The number of ether oxygens (including phenoxy) is 1. The van der Waals surface area contributed by atoms with Crippen molar-refractivity contribution in [2.24, 2.45) is 0 Å². The maximum atomic E-state index is 11.0.